The van der Waals surface area contributed by atoms with Crippen LogP contribution in [0, 0.1) is 0 Å². The van der Waals surface area contributed by atoms with E-state index in [4.69, 9.17) is 0 Å². The molecule has 106 valence electrons. The van der Waals surface area contributed by atoms with Crippen LogP contribution in [0.4, 0.5) is 0 Å². The van der Waals surface area contributed by atoms with Crippen LogP contribution in [0.1, 0.15) is 51.4 Å². The highest BCUT2D eigenvalue weighted by Gasteiger charge is 2.29. The average molecular weight is 274 g/mol. The average Bonchev–Trinajstić information content (AvgIpc) is 2.43. The van der Waals surface area contributed by atoms with Crippen molar-refractivity contribution >= 4 is 23.1 Å². The molecule has 0 amide bonds. The topological polar surface area (TPSA) is 68.3 Å². The van der Waals surface area contributed by atoms with E-state index in [0.29, 0.717) is 25.7 Å². The maximum Gasteiger partial charge on any atom is 0.228 e. The van der Waals surface area contributed by atoms with Crippen molar-refractivity contribution in [3.63, 3.8) is 0 Å². The van der Waals surface area contributed by atoms with Crippen molar-refractivity contribution in [3.8, 4) is 0 Å². The first kappa shape index (κ1) is 14.6. The number of hydrogen-bond donors (Lipinski definition) is 0. The Kier molecular flexibility index (Phi) is 4.77. The lowest BCUT2D eigenvalue weighted by molar-refractivity contribution is -0.135. The van der Waals surface area contributed by atoms with Gasteiger partial charge in [-0.05, 0) is 38.5 Å². The van der Waals surface area contributed by atoms with Gasteiger partial charge in [-0.1, -0.05) is 12.2 Å². The summed E-state index contributed by atoms with van der Waals surface area (Å²) in [6.45, 7) is 0. The molecule has 2 rings (SSSR count). The smallest absolute Gasteiger partial charge is 0.228 e. The van der Waals surface area contributed by atoms with Crippen LogP contribution >= 0.6 is 0 Å². The molecule has 0 saturated heterocycles. The quantitative estimate of drug-likeness (QED) is 0.688. The first-order chi connectivity index (χ1) is 9.61. The van der Waals surface area contributed by atoms with E-state index < -0.39 is 23.1 Å². The number of carbonyl (C=O) groups excluding carboxylic acids is 4. The summed E-state index contributed by atoms with van der Waals surface area (Å²) in [5, 5.41) is 0. The lowest BCUT2D eigenvalue weighted by Gasteiger charge is -2.14. The number of ketones is 4. The maximum absolute atomic E-state index is 12.1. The zero-order valence-corrected chi connectivity index (χ0v) is 11.4. The fourth-order valence-electron chi connectivity index (χ4n) is 2.53. The minimum absolute atomic E-state index is 0.148. The predicted molar refractivity (Wildman–Crippen MR) is 73.1 cm³/mol. The molecule has 0 aliphatic heterocycles. The Hall–Kier alpha value is -1.84. The van der Waals surface area contributed by atoms with Gasteiger partial charge in [0, 0.05) is 24.0 Å². The third kappa shape index (κ3) is 3.18. The molecule has 0 fully saturated rings. The summed E-state index contributed by atoms with van der Waals surface area (Å²) in [4.78, 5) is 47.7. The van der Waals surface area contributed by atoms with Gasteiger partial charge in [-0.25, -0.2) is 0 Å². The second-order valence-electron chi connectivity index (χ2n) is 5.23. The van der Waals surface area contributed by atoms with Crippen LogP contribution in [0.3, 0.4) is 0 Å². The highest BCUT2D eigenvalue weighted by Crippen LogP contribution is 2.23. The molecule has 0 radical (unpaired) electrons. The van der Waals surface area contributed by atoms with Gasteiger partial charge < -0.3 is 0 Å². The van der Waals surface area contributed by atoms with E-state index in [2.05, 4.69) is 0 Å². The lowest BCUT2D eigenvalue weighted by Crippen LogP contribution is -2.25. The molecular weight excluding hydrogens is 256 g/mol. The van der Waals surface area contributed by atoms with Gasteiger partial charge in [0.2, 0.25) is 23.1 Å². The van der Waals surface area contributed by atoms with E-state index in [9.17, 15) is 19.2 Å². The number of carbonyl (C=O) groups is 4. The fourth-order valence-corrected chi connectivity index (χ4v) is 2.53. The van der Waals surface area contributed by atoms with Crippen molar-refractivity contribution in [2.24, 2.45) is 0 Å². The monoisotopic (exact) mass is 274 g/mol. The molecule has 0 saturated carbocycles. The van der Waals surface area contributed by atoms with E-state index in [0.717, 1.165) is 12.8 Å². The van der Waals surface area contributed by atoms with Crippen molar-refractivity contribution < 1.29 is 19.2 Å². The standard InChI is InChI=1S/C16H18O4/c17-13-9-5-1-3-7-11(15(13)19)12-8-4-2-6-10-14(18)16(12)20/h7-8H,1-6,9-10H2/b11-7-,12-8?. The van der Waals surface area contributed by atoms with Crippen LogP contribution in [-0.4, -0.2) is 23.1 Å². The molecule has 0 aromatic rings. The zero-order valence-electron chi connectivity index (χ0n) is 11.4. The fraction of sp³-hybridized carbons (Fsp3) is 0.500. The molecule has 0 N–H and O–H groups in total. The highest BCUT2D eigenvalue weighted by molar-refractivity contribution is 6.51. The Morgan fingerprint density at radius 1 is 0.600 bits per heavy atom. The number of Topliss-reactive ketones (excluding diaryl/α,β-unsaturated/α-hetero) is 4. The molecule has 0 atom stereocenters. The zero-order chi connectivity index (χ0) is 14.5. The van der Waals surface area contributed by atoms with Gasteiger partial charge in [0.05, 0.1) is 0 Å². The van der Waals surface area contributed by atoms with Crippen molar-refractivity contribution in [1.29, 1.82) is 0 Å². The highest BCUT2D eigenvalue weighted by atomic mass is 16.2. The summed E-state index contributed by atoms with van der Waals surface area (Å²) in [5.41, 5.74) is 0.296. The summed E-state index contributed by atoms with van der Waals surface area (Å²) in [5.74, 6) is -2.14. The second-order valence-corrected chi connectivity index (χ2v) is 5.23. The number of rotatable bonds is 1. The Bertz CT molecular complexity index is 475. The Morgan fingerprint density at radius 2 is 1.00 bits per heavy atom. The van der Waals surface area contributed by atoms with E-state index in [1.807, 2.05) is 0 Å². The van der Waals surface area contributed by atoms with Crippen LogP contribution in [-0.2, 0) is 19.2 Å². The van der Waals surface area contributed by atoms with Gasteiger partial charge in [-0.3, -0.25) is 19.2 Å². The SMILES string of the molecule is O=C1CCCCC=C(/C2=C/CCCCC(=O)C2=O)C1=O. The lowest BCUT2D eigenvalue weighted by atomic mass is 9.87. The van der Waals surface area contributed by atoms with Gasteiger partial charge in [0.25, 0.3) is 0 Å². The summed E-state index contributed by atoms with van der Waals surface area (Å²) in [7, 11) is 0. The molecule has 2 aliphatic rings. The molecule has 0 unspecified atom stereocenters. The normalized spacial score (nSPS) is 25.0. The molecule has 2 aliphatic carbocycles. The molecule has 0 bridgehead atoms. The summed E-state index contributed by atoms with van der Waals surface area (Å²) >= 11 is 0. The molecule has 4 nitrogen and oxygen atoms in total. The van der Waals surface area contributed by atoms with Gasteiger partial charge in [-0.2, -0.15) is 0 Å². The summed E-state index contributed by atoms with van der Waals surface area (Å²) in [6.07, 6.45) is 8.10. The van der Waals surface area contributed by atoms with Gasteiger partial charge in [0.1, 0.15) is 0 Å². The molecule has 20 heavy (non-hydrogen) atoms. The number of allylic oxidation sites excluding steroid dienone is 4. The van der Waals surface area contributed by atoms with E-state index >= 15 is 0 Å². The van der Waals surface area contributed by atoms with E-state index in [1.165, 1.54) is 0 Å². The minimum atomic E-state index is -0.613. The largest absolute Gasteiger partial charge is 0.290 e. The predicted octanol–water partition coefficient (Wildman–Crippen LogP) is 2.26. The van der Waals surface area contributed by atoms with Crippen LogP contribution < -0.4 is 0 Å². The first-order valence-corrected chi connectivity index (χ1v) is 7.17. The molecule has 0 aromatic heterocycles. The van der Waals surface area contributed by atoms with Gasteiger partial charge in [-0.15, -0.1) is 0 Å². The van der Waals surface area contributed by atoms with Crippen molar-refractivity contribution in [2.75, 3.05) is 0 Å². The number of hydrogen-bond acceptors (Lipinski definition) is 4. The Morgan fingerprint density at radius 3 is 1.40 bits per heavy atom. The summed E-state index contributed by atoms with van der Waals surface area (Å²) < 4.78 is 0. The Labute approximate surface area is 117 Å². The summed E-state index contributed by atoms with van der Waals surface area (Å²) in [6, 6.07) is 0. The first-order valence-electron chi connectivity index (χ1n) is 7.17. The van der Waals surface area contributed by atoms with Crippen LogP contribution in [0.2, 0.25) is 0 Å². The van der Waals surface area contributed by atoms with Crippen LogP contribution in [0.15, 0.2) is 23.3 Å². The van der Waals surface area contributed by atoms with Crippen molar-refractivity contribution in [2.45, 2.75) is 51.4 Å². The maximum atomic E-state index is 12.1. The molecule has 0 spiro atoms. The molecule has 4 heteroatoms. The molecule has 0 aromatic carbocycles. The third-order valence-corrected chi connectivity index (χ3v) is 3.70. The Balaban J connectivity index is 2.38. The minimum Gasteiger partial charge on any atom is -0.290 e. The third-order valence-electron chi connectivity index (χ3n) is 3.70. The van der Waals surface area contributed by atoms with Crippen molar-refractivity contribution in [3.05, 3.63) is 23.3 Å². The van der Waals surface area contributed by atoms with E-state index in [-0.39, 0.29) is 24.0 Å². The van der Waals surface area contributed by atoms with Gasteiger partial charge in [0.15, 0.2) is 0 Å². The second kappa shape index (κ2) is 6.55. The van der Waals surface area contributed by atoms with Crippen LogP contribution in [0.5, 0.6) is 0 Å². The molecular formula is C16H18O4. The van der Waals surface area contributed by atoms with E-state index in [1.54, 1.807) is 12.2 Å². The molecule has 0 heterocycles. The van der Waals surface area contributed by atoms with Crippen LogP contribution in [0.25, 0.3) is 0 Å². The van der Waals surface area contributed by atoms with Crippen molar-refractivity contribution in [1.82, 2.24) is 0 Å². The van der Waals surface area contributed by atoms with Gasteiger partial charge >= 0.3 is 0 Å².